The maximum atomic E-state index is 12.7. The first kappa shape index (κ1) is 16.5. The van der Waals surface area contributed by atoms with E-state index >= 15 is 0 Å². The number of halogens is 4. The number of nitrogens with one attached hydrogen (secondary N) is 1. The predicted octanol–water partition coefficient (Wildman–Crippen LogP) is 3.53. The van der Waals surface area contributed by atoms with Crippen molar-refractivity contribution in [1.29, 1.82) is 0 Å². The third-order valence-electron chi connectivity index (χ3n) is 2.54. The summed E-state index contributed by atoms with van der Waals surface area (Å²) < 4.78 is 12.7. The van der Waals surface area contributed by atoms with Gasteiger partial charge in [0, 0.05) is 0 Å². The monoisotopic (exact) mass is 360 g/mol. The molecular weight excluding hydrogens is 354 g/mol. The highest BCUT2D eigenvalue weighted by Gasteiger charge is 2.19. The third-order valence-corrected chi connectivity index (χ3v) is 3.67. The normalized spacial score (nSPS) is 10.9. The van der Waals surface area contributed by atoms with Crippen molar-refractivity contribution in [2.45, 2.75) is 0 Å². The Labute approximate surface area is 139 Å². The van der Waals surface area contributed by atoms with E-state index in [0.29, 0.717) is 5.56 Å². The first-order valence-electron chi connectivity index (χ1n) is 5.79. The summed E-state index contributed by atoms with van der Waals surface area (Å²) in [4.78, 5) is 15.7. The first-order chi connectivity index (χ1) is 10.4. The number of benzene rings is 1. The van der Waals surface area contributed by atoms with E-state index in [1.165, 1.54) is 30.5 Å². The van der Waals surface area contributed by atoms with Gasteiger partial charge in [0.1, 0.15) is 10.8 Å². The van der Waals surface area contributed by atoms with Gasteiger partial charge in [0.05, 0.1) is 16.9 Å². The Morgan fingerprint density at radius 1 is 1.23 bits per heavy atom. The second-order valence-corrected chi connectivity index (χ2v) is 5.16. The number of nitrogens with two attached hydrogens (primary N) is 1. The average molecular weight is 362 g/mol. The molecule has 22 heavy (non-hydrogen) atoms. The molecule has 9 heteroatoms. The minimum Gasteiger partial charge on any atom is -0.396 e. The highest BCUT2D eigenvalue weighted by molar-refractivity contribution is 6.46. The maximum Gasteiger partial charge on any atom is 0.291 e. The summed E-state index contributed by atoms with van der Waals surface area (Å²) in [7, 11) is 0. The van der Waals surface area contributed by atoms with Crippen molar-refractivity contribution in [1.82, 2.24) is 10.4 Å². The smallest absolute Gasteiger partial charge is 0.291 e. The fourth-order valence-electron chi connectivity index (χ4n) is 1.45. The molecular formula is C13H8Cl3FN4O. The Morgan fingerprint density at radius 2 is 1.86 bits per heavy atom. The Hall–Kier alpha value is -1.89. The molecule has 114 valence electrons. The minimum absolute atomic E-state index is 0.0296. The Kier molecular flexibility index (Phi) is 5.18. The van der Waals surface area contributed by atoms with E-state index in [2.05, 4.69) is 15.5 Å². The molecule has 0 aliphatic rings. The van der Waals surface area contributed by atoms with Crippen LogP contribution in [-0.4, -0.2) is 17.1 Å². The zero-order valence-corrected chi connectivity index (χ0v) is 13.0. The van der Waals surface area contributed by atoms with Crippen LogP contribution in [0.3, 0.4) is 0 Å². The van der Waals surface area contributed by atoms with Crippen molar-refractivity contribution in [3.05, 3.63) is 56.5 Å². The van der Waals surface area contributed by atoms with Gasteiger partial charge in [-0.3, -0.25) is 4.79 Å². The third kappa shape index (κ3) is 3.65. The number of anilines is 1. The largest absolute Gasteiger partial charge is 0.396 e. The molecule has 1 amide bonds. The molecule has 0 atom stereocenters. The second-order valence-electron chi connectivity index (χ2n) is 4.04. The highest BCUT2D eigenvalue weighted by Crippen LogP contribution is 2.34. The summed E-state index contributed by atoms with van der Waals surface area (Å²) in [6, 6.07) is 5.52. The van der Waals surface area contributed by atoms with Gasteiger partial charge in [-0.25, -0.2) is 14.8 Å². The standard InChI is InChI=1S/C13H8Cl3FN4O/c14-8-10(18)9(15)12(16)20-11(8)13(22)21-19-5-6-1-3-7(17)4-2-6/h1-5H,(H2,18,20)(H,21,22)/b19-5+. The maximum absolute atomic E-state index is 12.7. The van der Waals surface area contributed by atoms with E-state index in [1.807, 2.05) is 0 Å². The molecule has 0 radical (unpaired) electrons. The van der Waals surface area contributed by atoms with E-state index in [-0.39, 0.29) is 32.4 Å². The number of aromatic nitrogens is 1. The van der Waals surface area contributed by atoms with E-state index in [0.717, 1.165) is 0 Å². The lowest BCUT2D eigenvalue weighted by Gasteiger charge is -2.07. The lowest BCUT2D eigenvalue weighted by Crippen LogP contribution is -2.20. The number of rotatable bonds is 3. The number of pyridine rings is 1. The number of carbonyl (C=O) groups is 1. The molecule has 0 bridgehead atoms. The molecule has 1 aromatic carbocycles. The number of nitrogen functional groups attached to an aromatic ring is 1. The number of nitrogens with zero attached hydrogens (tertiary/aromatic N) is 2. The van der Waals surface area contributed by atoms with Crippen LogP contribution in [0.4, 0.5) is 10.1 Å². The van der Waals surface area contributed by atoms with Gasteiger partial charge in [-0.1, -0.05) is 46.9 Å². The number of amides is 1. The lowest BCUT2D eigenvalue weighted by atomic mass is 10.2. The van der Waals surface area contributed by atoms with Crippen molar-refractivity contribution in [3.8, 4) is 0 Å². The van der Waals surface area contributed by atoms with E-state index in [4.69, 9.17) is 40.5 Å². The summed E-state index contributed by atoms with van der Waals surface area (Å²) in [6.45, 7) is 0. The molecule has 1 aromatic heterocycles. The predicted molar refractivity (Wildman–Crippen MR) is 85.1 cm³/mol. The van der Waals surface area contributed by atoms with Crippen LogP contribution >= 0.6 is 34.8 Å². The molecule has 0 saturated heterocycles. The second kappa shape index (κ2) is 6.91. The van der Waals surface area contributed by atoms with E-state index in [9.17, 15) is 9.18 Å². The Morgan fingerprint density at radius 3 is 2.50 bits per heavy atom. The van der Waals surface area contributed by atoms with Gasteiger partial charge in [0.2, 0.25) is 0 Å². The number of hydrogen-bond donors (Lipinski definition) is 2. The molecule has 3 N–H and O–H groups in total. The van der Waals surface area contributed by atoms with Gasteiger partial charge in [-0.2, -0.15) is 5.10 Å². The molecule has 2 rings (SSSR count). The summed E-state index contributed by atoms with van der Waals surface area (Å²) in [5, 5.41) is 3.41. The quantitative estimate of drug-likeness (QED) is 0.498. The van der Waals surface area contributed by atoms with Crippen LogP contribution in [0.25, 0.3) is 0 Å². The van der Waals surface area contributed by atoms with Gasteiger partial charge >= 0.3 is 0 Å². The van der Waals surface area contributed by atoms with Crippen LogP contribution in [0.2, 0.25) is 15.2 Å². The van der Waals surface area contributed by atoms with Crippen molar-refractivity contribution in [2.24, 2.45) is 5.10 Å². The number of hydrogen-bond acceptors (Lipinski definition) is 4. The summed E-state index contributed by atoms with van der Waals surface area (Å²) >= 11 is 17.4. The van der Waals surface area contributed by atoms with Crippen LogP contribution in [0.5, 0.6) is 0 Å². The summed E-state index contributed by atoms with van der Waals surface area (Å²) in [6.07, 6.45) is 1.33. The molecule has 2 aromatic rings. The topological polar surface area (TPSA) is 80.4 Å². The van der Waals surface area contributed by atoms with Gasteiger partial charge in [0.25, 0.3) is 5.91 Å². The van der Waals surface area contributed by atoms with Crippen LogP contribution in [-0.2, 0) is 0 Å². The van der Waals surface area contributed by atoms with Crippen molar-refractivity contribution in [2.75, 3.05) is 5.73 Å². The number of carbonyl (C=O) groups excluding carboxylic acids is 1. The van der Waals surface area contributed by atoms with Crippen molar-refractivity contribution < 1.29 is 9.18 Å². The summed E-state index contributed by atoms with van der Waals surface area (Å²) in [5.41, 5.74) is 8.17. The zero-order chi connectivity index (χ0) is 16.3. The van der Waals surface area contributed by atoms with Crippen molar-refractivity contribution in [3.63, 3.8) is 0 Å². The first-order valence-corrected chi connectivity index (χ1v) is 6.92. The zero-order valence-electron chi connectivity index (χ0n) is 10.8. The SMILES string of the molecule is Nc1c(Cl)c(Cl)nc(C(=O)N/N=C/c2ccc(F)cc2)c1Cl. The fraction of sp³-hybridized carbons (Fsp3) is 0. The fourth-order valence-corrected chi connectivity index (χ4v) is 2.04. The molecule has 0 aliphatic heterocycles. The lowest BCUT2D eigenvalue weighted by molar-refractivity contribution is 0.0950. The van der Waals surface area contributed by atoms with Crippen LogP contribution < -0.4 is 11.2 Å². The van der Waals surface area contributed by atoms with E-state index < -0.39 is 5.91 Å². The molecule has 0 aliphatic carbocycles. The van der Waals surface area contributed by atoms with Gasteiger partial charge in [0.15, 0.2) is 10.8 Å². The highest BCUT2D eigenvalue weighted by atomic mass is 35.5. The van der Waals surface area contributed by atoms with Crippen LogP contribution in [0.1, 0.15) is 16.1 Å². The molecule has 0 spiro atoms. The average Bonchev–Trinajstić information content (AvgIpc) is 2.50. The minimum atomic E-state index is -0.714. The van der Waals surface area contributed by atoms with Crippen molar-refractivity contribution >= 4 is 52.6 Å². The van der Waals surface area contributed by atoms with Gasteiger partial charge < -0.3 is 5.73 Å². The van der Waals surface area contributed by atoms with Crippen LogP contribution in [0.15, 0.2) is 29.4 Å². The van der Waals surface area contributed by atoms with Gasteiger partial charge in [-0.15, -0.1) is 0 Å². The van der Waals surface area contributed by atoms with Crippen LogP contribution in [0, 0.1) is 5.82 Å². The molecule has 0 saturated carbocycles. The van der Waals surface area contributed by atoms with E-state index in [1.54, 1.807) is 0 Å². The summed E-state index contributed by atoms with van der Waals surface area (Å²) in [5.74, 6) is -1.09. The molecule has 0 fully saturated rings. The molecule has 5 nitrogen and oxygen atoms in total. The Bertz CT molecular complexity index is 750. The van der Waals surface area contributed by atoms with Gasteiger partial charge in [-0.05, 0) is 17.7 Å². The molecule has 1 heterocycles. The Balaban J connectivity index is 2.15. The molecule has 0 unspecified atom stereocenters. The number of hydrazone groups is 1.